The second kappa shape index (κ2) is 8.71. The van der Waals surface area contributed by atoms with Crippen LogP contribution in [0.15, 0.2) is 29.3 Å². The number of hydrogen-bond acceptors (Lipinski definition) is 4. The van der Waals surface area contributed by atoms with E-state index in [1.165, 1.54) is 0 Å². The molecule has 0 atom stereocenters. The highest BCUT2D eigenvalue weighted by atomic mass is 16.6. The molecule has 1 aromatic carbocycles. The Kier molecular flexibility index (Phi) is 6.30. The van der Waals surface area contributed by atoms with Gasteiger partial charge in [-0.2, -0.15) is 0 Å². The van der Waals surface area contributed by atoms with Gasteiger partial charge in [0.1, 0.15) is 5.60 Å². The molecule has 0 spiro atoms. The highest BCUT2D eigenvalue weighted by molar-refractivity contribution is 5.95. The summed E-state index contributed by atoms with van der Waals surface area (Å²) < 4.78 is 5.41. The number of anilines is 1. The summed E-state index contributed by atoms with van der Waals surface area (Å²) in [6, 6.07) is 7.89. The van der Waals surface area contributed by atoms with E-state index >= 15 is 0 Å². The lowest BCUT2D eigenvalue weighted by Gasteiger charge is -2.36. The molecule has 2 fully saturated rings. The van der Waals surface area contributed by atoms with E-state index in [9.17, 15) is 9.59 Å². The molecule has 2 saturated heterocycles. The van der Waals surface area contributed by atoms with Gasteiger partial charge in [-0.15, -0.1) is 0 Å². The van der Waals surface area contributed by atoms with Crippen LogP contribution >= 0.6 is 0 Å². The van der Waals surface area contributed by atoms with Gasteiger partial charge in [0, 0.05) is 44.8 Å². The van der Waals surface area contributed by atoms with E-state index in [2.05, 4.69) is 4.99 Å². The number of amides is 2. The van der Waals surface area contributed by atoms with Gasteiger partial charge in [0.05, 0.1) is 6.54 Å². The minimum absolute atomic E-state index is 0.186. The Morgan fingerprint density at radius 3 is 2.24 bits per heavy atom. The van der Waals surface area contributed by atoms with Crippen molar-refractivity contribution in [3.8, 4) is 0 Å². The standard InChI is InChI=1S/C21H31N5O3/c1-21(2,3)29-20(28)25-13-11-24(12-14-25)19(22)23-15-16-6-8-17(9-7-16)26-10-4-5-18(26)27/h6-9H,4-5,10-15H2,1-3H3,(H2,22,23). The highest BCUT2D eigenvalue weighted by Crippen LogP contribution is 2.21. The van der Waals surface area contributed by atoms with Crippen LogP contribution in [0.4, 0.5) is 10.5 Å². The number of guanidine groups is 1. The van der Waals surface area contributed by atoms with Crippen molar-refractivity contribution in [1.82, 2.24) is 9.80 Å². The van der Waals surface area contributed by atoms with Gasteiger partial charge in [-0.25, -0.2) is 9.79 Å². The van der Waals surface area contributed by atoms with Crippen molar-refractivity contribution in [2.45, 2.75) is 45.8 Å². The van der Waals surface area contributed by atoms with Gasteiger partial charge >= 0.3 is 6.09 Å². The molecule has 0 aliphatic carbocycles. The van der Waals surface area contributed by atoms with Crippen LogP contribution in [0.25, 0.3) is 0 Å². The molecule has 2 aliphatic heterocycles. The Morgan fingerprint density at radius 1 is 1.07 bits per heavy atom. The first-order valence-electron chi connectivity index (χ1n) is 10.1. The van der Waals surface area contributed by atoms with E-state index < -0.39 is 5.60 Å². The molecule has 8 heteroatoms. The molecule has 1 aromatic rings. The Bertz CT molecular complexity index is 762. The van der Waals surface area contributed by atoms with Gasteiger partial charge in [-0.3, -0.25) is 4.79 Å². The molecule has 0 bridgehead atoms. The Balaban J connectivity index is 1.49. The normalized spacial score (nSPS) is 18.4. The van der Waals surface area contributed by atoms with Crippen molar-refractivity contribution < 1.29 is 14.3 Å². The topological polar surface area (TPSA) is 91.5 Å². The molecule has 29 heavy (non-hydrogen) atoms. The molecule has 158 valence electrons. The molecule has 2 aliphatic rings. The van der Waals surface area contributed by atoms with Crippen LogP contribution < -0.4 is 10.6 Å². The van der Waals surface area contributed by atoms with Crippen molar-refractivity contribution in [2.75, 3.05) is 37.6 Å². The first kappa shape index (κ1) is 21.0. The lowest BCUT2D eigenvalue weighted by Crippen LogP contribution is -2.53. The van der Waals surface area contributed by atoms with Crippen LogP contribution in [0.2, 0.25) is 0 Å². The summed E-state index contributed by atoms with van der Waals surface area (Å²) >= 11 is 0. The molecule has 2 amide bonds. The average Bonchev–Trinajstić information content (AvgIpc) is 3.11. The fraction of sp³-hybridized carbons (Fsp3) is 0.571. The Labute approximate surface area is 172 Å². The van der Waals surface area contributed by atoms with Crippen molar-refractivity contribution >= 4 is 23.6 Å². The number of carbonyl (C=O) groups excluding carboxylic acids is 2. The third-order valence-electron chi connectivity index (χ3n) is 5.00. The van der Waals surface area contributed by atoms with Crippen molar-refractivity contribution in [3.63, 3.8) is 0 Å². The first-order chi connectivity index (χ1) is 13.7. The maximum absolute atomic E-state index is 12.1. The van der Waals surface area contributed by atoms with Crippen LogP contribution in [0.5, 0.6) is 0 Å². The van der Waals surface area contributed by atoms with Crippen molar-refractivity contribution in [2.24, 2.45) is 10.7 Å². The number of piperazine rings is 1. The van der Waals surface area contributed by atoms with Gasteiger partial charge < -0.3 is 25.2 Å². The molecule has 0 aromatic heterocycles. The van der Waals surface area contributed by atoms with Crippen LogP contribution in [-0.2, 0) is 16.1 Å². The maximum atomic E-state index is 12.1. The molecule has 8 nitrogen and oxygen atoms in total. The predicted octanol–water partition coefficient (Wildman–Crippen LogP) is 2.18. The largest absolute Gasteiger partial charge is 0.444 e. The van der Waals surface area contributed by atoms with Gasteiger partial charge in [0.25, 0.3) is 0 Å². The maximum Gasteiger partial charge on any atom is 0.410 e. The molecule has 2 N–H and O–H groups in total. The predicted molar refractivity (Wildman–Crippen MR) is 113 cm³/mol. The fourth-order valence-electron chi connectivity index (χ4n) is 3.42. The minimum atomic E-state index is -0.494. The molecular weight excluding hydrogens is 370 g/mol. The lowest BCUT2D eigenvalue weighted by atomic mass is 10.2. The molecule has 0 unspecified atom stereocenters. The number of nitrogens with zero attached hydrogens (tertiary/aromatic N) is 4. The summed E-state index contributed by atoms with van der Waals surface area (Å²) in [6.45, 7) is 9.23. The second-order valence-corrected chi connectivity index (χ2v) is 8.44. The number of ether oxygens (including phenoxy) is 1. The highest BCUT2D eigenvalue weighted by Gasteiger charge is 2.26. The van der Waals surface area contributed by atoms with E-state index in [0.717, 1.165) is 24.2 Å². The number of carbonyl (C=O) groups is 2. The molecule has 0 radical (unpaired) electrons. The van der Waals surface area contributed by atoms with E-state index in [1.807, 2.05) is 54.8 Å². The van der Waals surface area contributed by atoms with Crippen molar-refractivity contribution in [3.05, 3.63) is 29.8 Å². The number of hydrogen-bond donors (Lipinski definition) is 1. The lowest BCUT2D eigenvalue weighted by molar-refractivity contribution is -0.117. The zero-order valence-corrected chi connectivity index (χ0v) is 17.6. The average molecular weight is 402 g/mol. The Hall–Kier alpha value is -2.77. The summed E-state index contributed by atoms with van der Waals surface area (Å²) in [6.07, 6.45) is 1.26. The minimum Gasteiger partial charge on any atom is -0.444 e. The zero-order chi connectivity index (χ0) is 21.0. The number of nitrogens with two attached hydrogens (primary N) is 1. The van der Waals surface area contributed by atoms with Crippen molar-refractivity contribution in [1.29, 1.82) is 0 Å². The first-order valence-corrected chi connectivity index (χ1v) is 10.1. The van der Waals surface area contributed by atoms with Crippen LogP contribution in [0, 0.1) is 0 Å². The number of rotatable bonds is 3. The summed E-state index contributed by atoms with van der Waals surface area (Å²) in [5.41, 5.74) is 7.64. The molecule has 2 heterocycles. The van der Waals surface area contributed by atoms with Crippen LogP contribution in [0.1, 0.15) is 39.2 Å². The van der Waals surface area contributed by atoms with E-state index in [4.69, 9.17) is 10.5 Å². The third kappa shape index (κ3) is 5.62. The van der Waals surface area contributed by atoms with Gasteiger partial charge in [-0.1, -0.05) is 12.1 Å². The quantitative estimate of drug-likeness (QED) is 0.619. The summed E-state index contributed by atoms with van der Waals surface area (Å²) in [7, 11) is 0. The second-order valence-electron chi connectivity index (χ2n) is 8.44. The molecular formula is C21H31N5O3. The van der Waals surface area contributed by atoms with Gasteiger partial charge in [0.15, 0.2) is 5.96 Å². The van der Waals surface area contributed by atoms with Crippen LogP contribution in [-0.4, -0.2) is 66.1 Å². The smallest absolute Gasteiger partial charge is 0.410 e. The summed E-state index contributed by atoms with van der Waals surface area (Å²) in [5.74, 6) is 0.665. The SMILES string of the molecule is CC(C)(C)OC(=O)N1CCN(C(N)=NCc2ccc(N3CCCC3=O)cc2)CC1. The summed E-state index contributed by atoms with van der Waals surface area (Å²) in [5, 5.41) is 0. The van der Waals surface area contributed by atoms with Gasteiger partial charge in [-0.05, 0) is 44.9 Å². The van der Waals surface area contributed by atoms with Gasteiger partial charge in [0.2, 0.25) is 5.91 Å². The Morgan fingerprint density at radius 2 is 1.69 bits per heavy atom. The zero-order valence-electron chi connectivity index (χ0n) is 17.6. The van der Waals surface area contributed by atoms with E-state index in [-0.39, 0.29) is 12.0 Å². The fourth-order valence-corrected chi connectivity index (χ4v) is 3.42. The molecule has 3 rings (SSSR count). The monoisotopic (exact) mass is 401 g/mol. The number of benzene rings is 1. The van der Waals surface area contributed by atoms with E-state index in [1.54, 1.807) is 4.90 Å². The third-order valence-corrected chi connectivity index (χ3v) is 5.00. The molecule has 0 saturated carbocycles. The number of aliphatic imine (C=N–C) groups is 1. The van der Waals surface area contributed by atoms with E-state index in [0.29, 0.717) is 45.1 Å². The summed E-state index contributed by atoms with van der Waals surface area (Å²) in [4.78, 5) is 34.0. The van der Waals surface area contributed by atoms with Crippen LogP contribution in [0.3, 0.4) is 0 Å².